The molecule has 1 atom stereocenters. The van der Waals surface area contributed by atoms with Crippen LogP contribution in [0.1, 0.15) is 34.7 Å². The second-order valence-electron chi connectivity index (χ2n) is 7.29. The second kappa shape index (κ2) is 14.0. The number of carboxylic acids is 3. The lowest BCUT2D eigenvalue weighted by molar-refractivity contribution is -0.192. The fourth-order valence-electron chi connectivity index (χ4n) is 2.57. The molecule has 39 heavy (non-hydrogen) atoms. The van der Waals surface area contributed by atoms with Crippen molar-refractivity contribution >= 4 is 35.6 Å². The third-order valence-electron chi connectivity index (χ3n) is 4.39. The number of carbonyl (C=O) groups excluding carboxylic acids is 2. The van der Waals surface area contributed by atoms with E-state index in [1.165, 1.54) is 37.4 Å². The molecule has 0 bridgehead atoms. The number of furan rings is 1. The normalized spacial score (nSPS) is 11.3. The van der Waals surface area contributed by atoms with Crippen LogP contribution in [-0.2, 0) is 25.6 Å². The molecule has 0 saturated heterocycles. The molecule has 212 valence electrons. The number of ether oxygens (including phenoxy) is 2. The zero-order valence-electron chi connectivity index (χ0n) is 19.9. The Bertz CT molecular complexity index is 1240. The van der Waals surface area contributed by atoms with Crippen LogP contribution in [0.3, 0.4) is 0 Å². The molecule has 17 heteroatoms. The van der Waals surface area contributed by atoms with Crippen molar-refractivity contribution in [2.24, 2.45) is 5.73 Å². The number of nitrogen functional groups attached to an aromatic ring is 1. The van der Waals surface area contributed by atoms with Gasteiger partial charge in [0.15, 0.2) is 11.5 Å². The Kier molecular flexibility index (Phi) is 11.5. The van der Waals surface area contributed by atoms with Crippen LogP contribution in [0.4, 0.5) is 13.2 Å². The topological polar surface area (TPSA) is 240 Å². The van der Waals surface area contributed by atoms with E-state index in [1.807, 2.05) is 0 Å². The Labute approximate surface area is 216 Å². The lowest BCUT2D eigenvalue weighted by Crippen LogP contribution is -2.42. The molecule has 0 radical (unpaired) electrons. The Balaban J connectivity index is 0.000000956. The number of amides is 1. The van der Waals surface area contributed by atoms with E-state index in [1.54, 1.807) is 0 Å². The van der Waals surface area contributed by atoms with Gasteiger partial charge in [-0.2, -0.15) is 13.2 Å². The van der Waals surface area contributed by atoms with Crippen molar-refractivity contribution in [3.05, 3.63) is 47.4 Å². The van der Waals surface area contributed by atoms with Crippen molar-refractivity contribution in [1.82, 2.24) is 5.32 Å². The molecule has 0 aliphatic heterocycles. The fraction of sp³-hybridized carbons (Fsp3) is 0.273. The zero-order chi connectivity index (χ0) is 29.9. The molecular formula is C22H22F3N3O11. The number of aliphatic carboxylic acids is 3. The minimum atomic E-state index is -5.08. The number of nitrogens with one attached hydrogen (secondary N) is 2. The van der Waals surface area contributed by atoms with Gasteiger partial charge in [0.1, 0.15) is 17.6 Å². The SMILES string of the molecule is COc1cc(C(=N)N)ccc1OC(=O)c1ccc(CCC(=O)N[C@@H](CC(=O)O)C(=O)O)o1.O=C(O)C(F)(F)F. The summed E-state index contributed by atoms with van der Waals surface area (Å²) < 4.78 is 47.5. The van der Waals surface area contributed by atoms with Gasteiger partial charge in [0.2, 0.25) is 11.7 Å². The molecule has 2 aromatic rings. The first-order chi connectivity index (χ1) is 18.0. The van der Waals surface area contributed by atoms with E-state index in [0.717, 1.165) is 0 Å². The van der Waals surface area contributed by atoms with Gasteiger partial charge in [-0.1, -0.05) is 0 Å². The standard InChI is InChI=1S/C20H21N3O9.C2HF3O2/c1-30-15-8-10(18(21)22)2-5-13(15)32-20(29)14-6-3-11(31-14)4-7-16(24)23-12(19(27)28)9-17(25)26;3-2(4,5)1(6)7/h2-3,5-6,8,12H,4,7,9H2,1H3,(H3,21,22)(H,23,24)(H,25,26)(H,27,28);(H,6,7)/t12-;/m0./s1. The van der Waals surface area contributed by atoms with Gasteiger partial charge in [-0.3, -0.25) is 15.0 Å². The quantitative estimate of drug-likeness (QED) is 0.0987. The Hall–Kier alpha value is -5.09. The van der Waals surface area contributed by atoms with Crippen molar-refractivity contribution in [1.29, 1.82) is 5.41 Å². The molecule has 1 aromatic carbocycles. The minimum absolute atomic E-state index is 0.0369. The van der Waals surface area contributed by atoms with Gasteiger partial charge < -0.3 is 40.3 Å². The van der Waals surface area contributed by atoms with E-state index < -0.39 is 48.4 Å². The first kappa shape index (κ1) is 31.9. The summed E-state index contributed by atoms with van der Waals surface area (Å²) in [4.78, 5) is 54.8. The molecule has 0 fully saturated rings. The van der Waals surface area contributed by atoms with Crippen LogP contribution in [0, 0.1) is 5.41 Å². The summed E-state index contributed by atoms with van der Waals surface area (Å²) >= 11 is 0. The average molecular weight is 561 g/mol. The molecule has 0 saturated carbocycles. The predicted octanol–water partition coefficient (Wildman–Crippen LogP) is 1.40. The van der Waals surface area contributed by atoms with Crippen LogP contribution in [0.15, 0.2) is 34.7 Å². The number of halogens is 3. The largest absolute Gasteiger partial charge is 0.493 e. The van der Waals surface area contributed by atoms with Crippen molar-refractivity contribution < 1.29 is 66.4 Å². The van der Waals surface area contributed by atoms with Gasteiger partial charge >= 0.3 is 30.1 Å². The summed E-state index contributed by atoms with van der Waals surface area (Å²) in [6.07, 6.45) is -5.99. The van der Waals surface area contributed by atoms with E-state index in [-0.39, 0.29) is 41.7 Å². The highest BCUT2D eigenvalue weighted by molar-refractivity contribution is 5.96. The monoisotopic (exact) mass is 561 g/mol. The second-order valence-corrected chi connectivity index (χ2v) is 7.29. The van der Waals surface area contributed by atoms with E-state index in [4.69, 9.17) is 45.1 Å². The van der Waals surface area contributed by atoms with Crippen LogP contribution in [0.2, 0.25) is 0 Å². The summed E-state index contributed by atoms with van der Waals surface area (Å²) in [5.41, 5.74) is 5.80. The number of nitrogens with two attached hydrogens (primary N) is 1. The van der Waals surface area contributed by atoms with Crippen LogP contribution in [0.25, 0.3) is 0 Å². The molecule has 7 N–H and O–H groups in total. The average Bonchev–Trinajstić information content (AvgIpc) is 3.31. The summed E-state index contributed by atoms with van der Waals surface area (Å²) in [7, 11) is 1.36. The van der Waals surface area contributed by atoms with Crippen LogP contribution < -0.4 is 20.5 Å². The molecule has 1 amide bonds. The lowest BCUT2D eigenvalue weighted by atomic mass is 10.2. The number of benzene rings is 1. The molecule has 0 spiro atoms. The van der Waals surface area contributed by atoms with Crippen molar-refractivity contribution in [2.75, 3.05) is 7.11 Å². The van der Waals surface area contributed by atoms with Crippen LogP contribution >= 0.6 is 0 Å². The maximum atomic E-state index is 12.3. The number of amidine groups is 1. The molecule has 14 nitrogen and oxygen atoms in total. The van der Waals surface area contributed by atoms with Gasteiger partial charge in [-0.25, -0.2) is 14.4 Å². The number of esters is 1. The number of carbonyl (C=O) groups is 5. The van der Waals surface area contributed by atoms with Gasteiger partial charge in [-0.05, 0) is 30.3 Å². The van der Waals surface area contributed by atoms with E-state index in [9.17, 15) is 32.3 Å². The summed E-state index contributed by atoms with van der Waals surface area (Å²) in [5.74, 6) is -6.90. The van der Waals surface area contributed by atoms with Crippen LogP contribution in [0.5, 0.6) is 11.5 Å². The van der Waals surface area contributed by atoms with Gasteiger partial charge in [0, 0.05) is 18.4 Å². The van der Waals surface area contributed by atoms with E-state index >= 15 is 0 Å². The molecule has 2 rings (SSSR count). The smallest absolute Gasteiger partial charge is 0.490 e. The van der Waals surface area contributed by atoms with Crippen molar-refractivity contribution in [3.63, 3.8) is 0 Å². The maximum Gasteiger partial charge on any atom is 0.490 e. The number of alkyl halides is 3. The third-order valence-corrected chi connectivity index (χ3v) is 4.39. The number of rotatable bonds is 11. The molecule has 0 aliphatic carbocycles. The Morgan fingerprint density at radius 1 is 1.08 bits per heavy atom. The zero-order valence-corrected chi connectivity index (χ0v) is 19.9. The number of hydrogen-bond acceptors (Lipinski definition) is 9. The lowest BCUT2D eigenvalue weighted by Gasteiger charge is -2.11. The number of hydrogen-bond donors (Lipinski definition) is 6. The number of carboxylic acid groups (broad SMARTS) is 3. The number of methoxy groups -OCH3 is 1. The van der Waals surface area contributed by atoms with Crippen molar-refractivity contribution in [2.45, 2.75) is 31.5 Å². The highest BCUT2D eigenvalue weighted by atomic mass is 19.4. The molecular weight excluding hydrogens is 539 g/mol. The van der Waals surface area contributed by atoms with Crippen LogP contribution in [-0.4, -0.2) is 70.3 Å². The molecule has 0 unspecified atom stereocenters. The Morgan fingerprint density at radius 3 is 2.18 bits per heavy atom. The van der Waals surface area contributed by atoms with Gasteiger partial charge in [0.05, 0.1) is 13.5 Å². The highest BCUT2D eigenvalue weighted by Crippen LogP contribution is 2.29. The molecule has 1 heterocycles. The fourth-order valence-corrected chi connectivity index (χ4v) is 2.57. The first-order valence-electron chi connectivity index (χ1n) is 10.4. The Morgan fingerprint density at radius 2 is 1.69 bits per heavy atom. The van der Waals surface area contributed by atoms with Gasteiger partial charge in [-0.15, -0.1) is 0 Å². The minimum Gasteiger partial charge on any atom is -0.493 e. The summed E-state index contributed by atoms with van der Waals surface area (Å²) in [6, 6.07) is 5.58. The van der Waals surface area contributed by atoms with Crippen molar-refractivity contribution in [3.8, 4) is 11.5 Å². The van der Waals surface area contributed by atoms with E-state index in [2.05, 4.69) is 5.32 Å². The first-order valence-corrected chi connectivity index (χ1v) is 10.4. The van der Waals surface area contributed by atoms with Gasteiger partial charge in [0.25, 0.3) is 0 Å². The summed E-state index contributed by atoms with van der Waals surface area (Å²) in [6.45, 7) is 0. The molecule has 0 aliphatic rings. The third kappa shape index (κ3) is 10.8. The number of aryl methyl sites for hydroxylation is 1. The summed E-state index contributed by atoms with van der Waals surface area (Å²) in [5, 5.41) is 34.3. The molecule has 1 aromatic heterocycles. The maximum absolute atomic E-state index is 12.3. The van der Waals surface area contributed by atoms with E-state index in [0.29, 0.717) is 5.56 Å². The highest BCUT2D eigenvalue weighted by Gasteiger charge is 2.38. The predicted molar refractivity (Wildman–Crippen MR) is 122 cm³/mol.